The average Bonchev–Trinajstić information content (AvgIpc) is 3.49. The van der Waals surface area contributed by atoms with Crippen LogP contribution in [0.4, 0.5) is 17.1 Å². The van der Waals surface area contributed by atoms with Crippen molar-refractivity contribution >= 4 is 29.2 Å². The van der Waals surface area contributed by atoms with E-state index >= 15 is 0 Å². The zero-order valence-electron chi connectivity index (χ0n) is 31.9. The molecule has 0 fully saturated rings. The van der Waals surface area contributed by atoms with E-state index in [0.29, 0.717) is 5.92 Å². The second-order valence-electron chi connectivity index (χ2n) is 15.7. The summed E-state index contributed by atoms with van der Waals surface area (Å²) in [4.78, 5) is 2.43. The molecule has 0 heterocycles. The number of anilines is 3. The van der Waals surface area contributed by atoms with Crippen molar-refractivity contribution in [3.8, 4) is 44.5 Å². The molecule has 8 aromatic carbocycles. The molecule has 2 aliphatic carbocycles. The topological polar surface area (TPSA) is 3.24 Å². The molecule has 1 heteroatoms. The first-order valence-electron chi connectivity index (χ1n) is 19.8. The van der Waals surface area contributed by atoms with Crippen molar-refractivity contribution in [2.45, 2.75) is 31.6 Å². The summed E-state index contributed by atoms with van der Waals surface area (Å²) in [5.41, 5.74) is 17.3. The SMILES string of the molecule is CC1(C)c2ccccc2-c2ccc(N(c3ccc(-c4ccccc4)cc3)c3ccc(-c4ccc(C5C=c6ccccc6=CC5)cc4)c(-c4ccccc4)c3)cc21. The molecule has 0 saturated carbocycles. The lowest BCUT2D eigenvalue weighted by Gasteiger charge is -2.29. The molecule has 56 heavy (non-hydrogen) atoms. The standard InChI is InChI=1S/C55H43N/c1-55(2)53-20-12-11-19-50(53)51-34-32-48(37-54(51)55)56(46-29-27-40(28-30-46)38-13-5-3-6-14-38)47-31-33-49(52(36-47)42-16-7-4-8-17-42)43-24-21-41(22-25-43)45-26-23-39-15-9-10-18-44(39)35-45/h3-25,27-37,45H,26H2,1-2H3. The van der Waals surface area contributed by atoms with Crippen molar-refractivity contribution in [3.05, 3.63) is 221 Å². The van der Waals surface area contributed by atoms with Gasteiger partial charge in [-0.15, -0.1) is 0 Å². The van der Waals surface area contributed by atoms with Gasteiger partial charge in [0, 0.05) is 28.4 Å². The van der Waals surface area contributed by atoms with E-state index in [0.717, 1.165) is 23.5 Å². The van der Waals surface area contributed by atoms with Gasteiger partial charge in [0.2, 0.25) is 0 Å². The highest BCUT2D eigenvalue weighted by Gasteiger charge is 2.35. The van der Waals surface area contributed by atoms with Crippen molar-refractivity contribution < 1.29 is 0 Å². The average molecular weight is 718 g/mol. The summed E-state index contributed by atoms with van der Waals surface area (Å²) in [5, 5.41) is 2.66. The first-order valence-corrected chi connectivity index (χ1v) is 19.8. The molecule has 1 atom stereocenters. The number of hydrogen-bond acceptors (Lipinski definition) is 1. The minimum absolute atomic E-state index is 0.104. The van der Waals surface area contributed by atoms with Gasteiger partial charge in [-0.3, -0.25) is 0 Å². The summed E-state index contributed by atoms with van der Waals surface area (Å²) in [5.74, 6) is 0.377. The molecule has 10 rings (SSSR count). The Morgan fingerprint density at radius 1 is 0.411 bits per heavy atom. The first-order chi connectivity index (χ1) is 27.5. The Hall–Kier alpha value is -6.70. The maximum absolute atomic E-state index is 2.43. The number of hydrogen-bond donors (Lipinski definition) is 0. The molecule has 1 unspecified atom stereocenters. The van der Waals surface area contributed by atoms with E-state index in [4.69, 9.17) is 0 Å². The highest BCUT2D eigenvalue weighted by atomic mass is 15.1. The number of benzene rings is 8. The van der Waals surface area contributed by atoms with Crippen LogP contribution in [-0.4, -0.2) is 0 Å². The van der Waals surface area contributed by atoms with Crippen LogP contribution in [0, 0.1) is 0 Å². The van der Waals surface area contributed by atoms with Crippen LogP contribution in [0.5, 0.6) is 0 Å². The summed E-state index contributed by atoms with van der Waals surface area (Å²) in [6.45, 7) is 4.72. The fourth-order valence-corrected chi connectivity index (χ4v) is 9.02. The lowest BCUT2D eigenvalue weighted by atomic mass is 9.82. The minimum Gasteiger partial charge on any atom is -0.310 e. The normalized spacial score (nSPS) is 14.8. The molecule has 0 N–H and O–H groups in total. The second-order valence-corrected chi connectivity index (χ2v) is 15.7. The van der Waals surface area contributed by atoms with Crippen LogP contribution in [0.1, 0.15) is 42.9 Å². The Labute approximate surface area is 330 Å². The molecule has 0 spiro atoms. The summed E-state index contributed by atoms with van der Waals surface area (Å²) < 4.78 is 0. The third-order valence-corrected chi connectivity index (χ3v) is 12.0. The van der Waals surface area contributed by atoms with E-state index in [1.165, 1.54) is 71.6 Å². The van der Waals surface area contributed by atoms with Crippen LogP contribution >= 0.6 is 0 Å². The van der Waals surface area contributed by atoms with Gasteiger partial charge in [-0.25, -0.2) is 0 Å². The van der Waals surface area contributed by atoms with E-state index in [2.05, 4.69) is 225 Å². The molecule has 0 radical (unpaired) electrons. The predicted molar refractivity (Wildman–Crippen MR) is 237 cm³/mol. The third-order valence-electron chi connectivity index (χ3n) is 12.0. The van der Waals surface area contributed by atoms with Gasteiger partial charge in [0.25, 0.3) is 0 Å². The molecule has 0 aliphatic heterocycles. The van der Waals surface area contributed by atoms with Crippen molar-refractivity contribution in [1.29, 1.82) is 0 Å². The monoisotopic (exact) mass is 717 g/mol. The molecule has 2 aliphatic rings. The number of nitrogens with zero attached hydrogens (tertiary/aromatic N) is 1. The van der Waals surface area contributed by atoms with Crippen LogP contribution in [0.15, 0.2) is 194 Å². The van der Waals surface area contributed by atoms with E-state index in [1.807, 2.05) is 0 Å². The van der Waals surface area contributed by atoms with Crippen LogP contribution in [0.3, 0.4) is 0 Å². The highest BCUT2D eigenvalue weighted by molar-refractivity contribution is 5.90. The van der Waals surface area contributed by atoms with Gasteiger partial charge in [0.1, 0.15) is 0 Å². The van der Waals surface area contributed by atoms with Crippen molar-refractivity contribution in [2.24, 2.45) is 0 Å². The summed E-state index contributed by atoms with van der Waals surface area (Å²) in [6, 6.07) is 71.4. The zero-order valence-corrected chi connectivity index (χ0v) is 31.9. The molecular formula is C55H43N. The molecule has 0 bridgehead atoms. The largest absolute Gasteiger partial charge is 0.310 e. The van der Waals surface area contributed by atoms with E-state index < -0.39 is 0 Å². The van der Waals surface area contributed by atoms with Gasteiger partial charge >= 0.3 is 0 Å². The molecule has 268 valence electrons. The van der Waals surface area contributed by atoms with Gasteiger partial charge in [-0.05, 0) is 114 Å². The first kappa shape index (κ1) is 33.8. The van der Waals surface area contributed by atoms with Crippen LogP contribution in [0.25, 0.3) is 56.7 Å². The van der Waals surface area contributed by atoms with E-state index in [-0.39, 0.29) is 5.41 Å². The van der Waals surface area contributed by atoms with E-state index in [9.17, 15) is 0 Å². The number of rotatable bonds is 7. The minimum atomic E-state index is -0.104. The third kappa shape index (κ3) is 5.97. The van der Waals surface area contributed by atoms with Crippen molar-refractivity contribution in [1.82, 2.24) is 0 Å². The Bertz CT molecular complexity index is 2830. The fourth-order valence-electron chi connectivity index (χ4n) is 9.02. The fraction of sp³-hybridized carbons (Fsp3) is 0.0909. The molecule has 1 nitrogen and oxygen atoms in total. The van der Waals surface area contributed by atoms with Crippen molar-refractivity contribution in [3.63, 3.8) is 0 Å². The highest BCUT2D eigenvalue weighted by Crippen LogP contribution is 2.51. The molecule has 0 saturated heterocycles. The molecule has 0 aromatic heterocycles. The Kier molecular flexibility index (Phi) is 8.37. The van der Waals surface area contributed by atoms with Gasteiger partial charge in [0.05, 0.1) is 0 Å². The smallest absolute Gasteiger partial charge is 0.0468 e. The lowest BCUT2D eigenvalue weighted by Crippen LogP contribution is -2.27. The summed E-state index contributed by atoms with van der Waals surface area (Å²) >= 11 is 0. The van der Waals surface area contributed by atoms with Crippen molar-refractivity contribution in [2.75, 3.05) is 4.90 Å². The van der Waals surface area contributed by atoms with Crippen LogP contribution in [0.2, 0.25) is 0 Å². The van der Waals surface area contributed by atoms with Gasteiger partial charge in [-0.1, -0.05) is 184 Å². The van der Waals surface area contributed by atoms with Gasteiger partial charge < -0.3 is 4.90 Å². The van der Waals surface area contributed by atoms with E-state index in [1.54, 1.807) is 0 Å². The Balaban J connectivity index is 1.09. The zero-order chi connectivity index (χ0) is 37.6. The molecular weight excluding hydrogens is 675 g/mol. The second kappa shape index (κ2) is 13.9. The van der Waals surface area contributed by atoms with Crippen LogP contribution in [-0.2, 0) is 5.41 Å². The van der Waals surface area contributed by atoms with Gasteiger partial charge in [0.15, 0.2) is 0 Å². The molecule has 8 aromatic rings. The Morgan fingerprint density at radius 2 is 0.946 bits per heavy atom. The lowest BCUT2D eigenvalue weighted by molar-refractivity contribution is 0.660. The Morgan fingerprint density at radius 3 is 1.70 bits per heavy atom. The van der Waals surface area contributed by atoms with Gasteiger partial charge in [-0.2, -0.15) is 0 Å². The number of fused-ring (bicyclic) bond motifs is 4. The molecule has 0 amide bonds. The predicted octanol–water partition coefficient (Wildman–Crippen LogP) is 13.2. The maximum atomic E-state index is 2.43. The summed E-state index contributed by atoms with van der Waals surface area (Å²) in [6.07, 6.45) is 5.82. The quantitative estimate of drug-likeness (QED) is 0.159. The summed E-state index contributed by atoms with van der Waals surface area (Å²) in [7, 11) is 0. The van der Waals surface area contributed by atoms with Crippen LogP contribution < -0.4 is 15.3 Å². The maximum Gasteiger partial charge on any atom is 0.0468 e.